The molecule has 0 aliphatic rings. The average molecular weight is 288 g/mol. The Morgan fingerprint density at radius 3 is 1.67 bits per heavy atom. The first-order valence-electron chi connectivity index (χ1n) is 2.71. The van der Waals surface area contributed by atoms with Crippen molar-refractivity contribution in [2.24, 2.45) is 0 Å². The minimum absolute atomic E-state index is 0. The molecule has 0 N–H and O–H groups in total. The van der Waals surface area contributed by atoms with Gasteiger partial charge in [-0.25, -0.2) is 16.8 Å². The van der Waals surface area contributed by atoms with Crippen LogP contribution in [0.15, 0.2) is 20.6 Å². The van der Waals surface area contributed by atoms with E-state index < -0.39 is 29.3 Å². The molecule has 1 rings (SSSR count). The molecule has 0 radical (unpaired) electrons. The van der Waals surface area contributed by atoms with E-state index >= 15 is 0 Å². The summed E-state index contributed by atoms with van der Waals surface area (Å²) in [6.07, 6.45) is 0. The predicted molar refractivity (Wildman–Crippen MR) is 40.2 cm³/mol. The molecule has 74 valence electrons. The normalized spacial score (nSPS) is 11.3. The Balaban J connectivity index is 0. The van der Waals surface area contributed by atoms with Crippen LogP contribution in [-0.4, -0.2) is 25.9 Å². The van der Waals surface area contributed by atoms with Crippen molar-refractivity contribution in [1.29, 1.82) is 0 Å². The molecule has 0 amide bonds. The van der Waals surface area contributed by atoms with Gasteiger partial charge in [-0.1, -0.05) is 0 Å². The van der Waals surface area contributed by atoms with Crippen molar-refractivity contribution in [2.75, 3.05) is 0 Å². The molecule has 0 aromatic carbocycles. The van der Waals surface area contributed by atoms with Crippen molar-refractivity contribution >= 4 is 31.6 Å². The summed E-state index contributed by atoms with van der Waals surface area (Å²) in [7, 11) is -9.36. The third-order valence-electron chi connectivity index (χ3n) is 1.09. The van der Waals surface area contributed by atoms with Gasteiger partial charge in [-0.05, 0) is 6.07 Å². The van der Waals surface area contributed by atoms with Gasteiger partial charge in [0.25, 0.3) is 0 Å². The summed E-state index contributed by atoms with van der Waals surface area (Å²) in [4.78, 5) is -0.702. The molecule has 0 aliphatic carbocycles. The van der Waals surface area contributed by atoms with Gasteiger partial charge >= 0.3 is 59.1 Å². The zero-order valence-corrected chi connectivity index (χ0v) is 14.3. The molecule has 0 bridgehead atoms. The number of thiophene rings is 1. The Kier molecular flexibility index (Phi) is 8.12. The van der Waals surface area contributed by atoms with Gasteiger partial charge in [-0.15, -0.1) is 11.3 Å². The Morgan fingerprint density at radius 2 is 1.47 bits per heavy atom. The van der Waals surface area contributed by atoms with Gasteiger partial charge in [0.15, 0.2) is 0 Å². The van der Waals surface area contributed by atoms with Gasteiger partial charge in [0.2, 0.25) is 0 Å². The molecule has 0 unspecified atom stereocenters. The fraction of sp³-hybridized carbons (Fsp3) is 0. The second kappa shape index (κ2) is 6.45. The topological polar surface area (TPSA) is 114 Å². The molecule has 11 heteroatoms. The maximum atomic E-state index is 10.3. The van der Waals surface area contributed by atoms with Crippen LogP contribution in [0.2, 0.25) is 0 Å². The second-order valence-corrected chi connectivity index (χ2v) is 5.91. The fourth-order valence-electron chi connectivity index (χ4n) is 0.563. The second-order valence-electron chi connectivity index (χ2n) is 2.01. The smallest absolute Gasteiger partial charge is 0.744 e. The van der Waals surface area contributed by atoms with Gasteiger partial charge < -0.3 is 9.11 Å². The van der Waals surface area contributed by atoms with Gasteiger partial charge in [-0.2, -0.15) is 0 Å². The largest absolute Gasteiger partial charge is 1.00 e. The van der Waals surface area contributed by atoms with Crippen LogP contribution >= 0.6 is 11.3 Å². The minimum Gasteiger partial charge on any atom is -0.744 e. The Hall–Kier alpha value is 1.52. The van der Waals surface area contributed by atoms with E-state index in [-0.39, 0.29) is 59.1 Å². The number of hydrogen-bond acceptors (Lipinski definition) is 7. The predicted octanol–water partition coefficient (Wildman–Crippen LogP) is -6.44. The first kappa shape index (κ1) is 18.9. The molecule has 0 fully saturated rings. The van der Waals surface area contributed by atoms with Crippen molar-refractivity contribution < 1.29 is 85.1 Å². The van der Waals surface area contributed by atoms with E-state index in [1.54, 1.807) is 0 Å². The average Bonchev–Trinajstić information content (AvgIpc) is 2.28. The van der Waals surface area contributed by atoms with Crippen molar-refractivity contribution in [1.82, 2.24) is 0 Å². The van der Waals surface area contributed by atoms with Crippen LogP contribution in [0.5, 0.6) is 0 Å². The quantitative estimate of drug-likeness (QED) is 0.395. The van der Waals surface area contributed by atoms with E-state index in [4.69, 9.17) is 0 Å². The van der Waals surface area contributed by atoms with E-state index in [1.807, 2.05) is 0 Å². The Bertz CT molecular complexity index is 468. The van der Waals surface area contributed by atoms with Crippen LogP contribution in [-0.2, 0) is 20.2 Å². The Labute approximate surface area is 135 Å². The molecule has 0 atom stereocenters. The van der Waals surface area contributed by atoms with Crippen LogP contribution in [0, 0.1) is 0 Å². The molecule has 6 nitrogen and oxygen atoms in total. The number of rotatable bonds is 2. The number of hydrogen-bond donors (Lipinski definition) is 0. The first-order chi connectivity index (χ1) is 5.71. The summed E-state index contributed by atoms with van der Waals surface area (Å²) >= 11 is 0.404. The molecule has 1 aromatic rings. The van der Waals surface area contributed by atoms with E-state index in [2.05, 4.69) is 0 Å². The first-order valence-corrected chi connectivity index (χ1v) is 6.41. The van der Waals surface area contributed by atoms with E-state index in [9.17, 15) is 25.9 Å². The standard InChI is InChI=1S/C4H4O6S3.2Na/c5-12(6,7)3-1-4(11-2-3)13(8,9)10;;/h1-2H,(H,5,6,7)(H,8,9,10);;/q;2*+1/p-2. The van der Waals surface area contributed by atoms with Crippen LogP contribution in [0.25, 0.3) is 0 Å². The third-order valence-corrected chi connectivity index (χ3v) is 4.28. The summed E-state index contributed by atoms with van der Waals surface area (Å²) in [6, 6.07) is 0.551. The van der Waals surface area contributed by atoms with Crippen molar-refractivity contribution in [2.45, 2.75) is 9.10 Å². The zero-order chi connectivity index (χ0) is 10.3. The summed E-state index contributed by atoms with van der Waals surface area (Å²) in [5, 5.41) is 0.813. The summed E-state index contributed by atoms with van der Waals surface area (Å²) in [5.41, 5.74) is 0. The fourth-order valence-corrected chi connectivity index (χ4v) is 2.97. The molecular weight excluding hydrogens is 286 g/mol. The van der Waals surface area contributed by atoms with E-state index in [1.165, 1.54) is 0 Å². The van der Waals surface area contributed by atoms with Crippen LogP contribution in [0.1, 0.15) is 0 Å². The zero-order valence-electron chi connectivity index (χ0n) is 7.83. The molecule has 0 saturated carbocycles. The molecule has 1 aromatic heterocycles. The maximum Gasteiger partial charge on any atom is 1.00 e. The summed E-state index contributed by atoms with van der Waals surface area (Å²) in [5.74, 6) is 0. The maximum absolute atomic E-state index is 10.3. The molecule has 0 spiro atoms. The van der Waals surface area contributed by atoms with E-state index in [0.717, 1.165) is 5.38 Å². The molecule has 1 heterocycles. The minimum atomic E-state index is -4.69. The van der Waals surface area contributed by atoms with Crippen LogP contribution in [0.4, 0.5) is 0 Å². The molecule has 0 saturated heterocycles. The van der Waals surface area contributed by atoms with Crippen LogP contribution in [0.3, 0.4) is 0 Å². The molecule has 0 aliphatic heterocycles. The van der Waals surface area contributed by atoms with Crippen molar-refractivity contribution in [3.8, 4) is 0 Å². The van der Waals surface area contributed by atoms with Crippen LogP contribution < -0.4 is 59.1 Å². The van der Waals surface area contributed by atoms with Gasteiger partial charge in [0.05, 0.1) is 4.90 Å². The monoisotopic (exact) mass is 288 g/mol. The van der Waals surface area contributed by atoms with Gasteiger partial charge in [0, 0.05) is 5.38 Å². The van der Waals surface area contributed by atoms with Crippen molar-refractivity contribution in [3.05, 3.63) is 11.4 Å². The third kappa shape index (κ3) is 5.59. The molecule has 15 heavy (non-hydrogen) atoms. The summed E-state index contributed by atoms with van der Waals surface area (Å²) in [6.45, 7) is 0. The summed E-state index contributed by atoms with van der Waals surface area (Å²) < 4.78 is 61.3. The van der Waals surface area contributed by atoms with Gasteiger partial charge in [-0.3, -0.25) is 0 Å². The Morgan fingerprint density at radius 1 is 1.00 bits per heavy atom. The molecular formula is C4H2Na2O6S3. The SMILES string of the molecule is O=S(=O)([O-])c1csc(S(=O)(=O)[O-])c1.[Na+].[Na+]. The van der Waals surface area contributed by atoms with Gasteiger partial charge in [0.1, 0.15) is 24.4 Å². The van der Waals surface area contributed by atoms with E-state index in [0.29, 0.717) is 17.4 Å². The van der Waals surface area contributed by atoms with Crippen molar-refractivity contribution in [3.63, 3.8) is 0 Å².